The molecule has 1 fully saturated rings. The van der Waals surface area contributed by atoms with Crippen LogP contribution in [0.25, 0.3) is 22.3 Å². The number of benzene rings is 3. The standard InChI is InChI=1S/C32H23F4N5O3/c33-16-32(6-7-32)17-41-27-12-22(30(42)43)11-25(36)29(27)40-28(41)13-19-3-4-20(10-24(19)35)26-5-8-38-31(39-26)44-15-21-2-1-18(14-37)9-23(21)34/h1-5,8-12H,6-7,13,15-17H2,(H,42,43). The van der Waals surface area contributed by atoms with E-state index in [1.54, 1.807) is 16.7 Å². The van der Waals surface area contributed by atoms with E-state index in [0.29, 0.717) is 24.1 Å². The number of nitriles is 1. The third kappa shape index (κ3) is 5.68. The first-order chi connectivity index (χ1) is 21.2. The van der Waals surface area contributed by atoms with Gasteiger partial charge in [-0.1, -0.05) is 18.2 Å². The first-order valence-corrected chi connectivity index (χ1v) is 13.6. The number of fused-ring (bicyclic) bond motifs is 1. The van der Waals surface area contributed by atoms with Gasteiger partial charge in [0, 0.05) is 35.7 Å². The van der Waals surface area contributed by atoms with Crippen molar-refractivity contribution >= 4 is 17.0 Å². The van der Waals surface area contributed by atoms with Crippen molar-refractivity contribution in [2.45, 2.75) is 32.4 Å². The summed E-state index contributed by atoms with van der Waals surface area (Å²) in [6.45, 7) is -0.621. The number of ether oxygens (including phenoxy) is 1. The summed E-state index contributed by atoms with van der Waals surface area (Å²) in [6, 6.07) is 14.0. The minimum absolute atomic E-state index is 0.0563. The molecule has 0 aliphatic heterocycles. The molecule has 3 aromatic carbocycles. The minimum atomic E-state index is -1.31. The molecule has 222 valence electrons. The summed E-state index contributed by atoms with van der Waals surface area (Å²) in [5, 5.41) is 18.3. The van der Waals surface area contributed by atoms with Crippen molar-refractivity contribution in [2.75, 3.05) is 6.67 Å². The number of carboxylic acids is 1. The fraction of sp³-hybridized carbons (Fsp3) is 0.219. The minimum Gasteiger partial charge on any atom is -0.478 e. The molecule has 0 unspecified atom stereocenters. The maximum atomic E-state index is 15.5. The van der Waals surface area contributed by atoms with Gasteiger partial charge in [0.25, 0.3) is 0 Å². The molecule has 2 heterocycles. The van der Waals surface area contributed by atoms with E-state index in [4.69, 9.17) is 10.00 Å². The molecule has 8 nitrogen and oxygen atoms in total. The number of imidazole rings is 1. The fourth-order valence-electron chi connectivity index (χ4n) is 4.98. The first kappa shape index (κ1) is 28.8. The SMILES string of the molecule is N#Cc1ccc(COc2nccc(-c3ccc(Cc4nc5c(F)cc(C(=O)O)cc5n4CC4(CF)CC4)c(F)c3)n2)c(F)c1. The van der Waals surface area contributed by atoms with Crippen LogP contribution in [0.3, 0.4) is 0 Å². The summed E-state index contributed by atoms with van der Waals surface area (Å²) < 4.78 is 65.5. The van der Waals surface area contributed by atoms with Gasteiger partial charge in [0.2, 0.25) is 0 Å². The lowest BCUT2D eigenvalue weighted by Crippen LogP contribution is -2.16. The highest BCUT2D eigenvalue weighted by Gasteiger charge is 2.44. The molecule has 1 N–H and O–H groups in total. The Labute approximate surface area is 248 Å². The predicted octanol–water partition coefficient (Wildman–Crippen LogP) is 6.40. The third-order valence-electron chi connectivity index (χ3n) is 7.74. The van der Waals surface area contributed by atoms with Crippen LogP contribution in [0.1, 0.15) is 45.7 Å². The molecule has 0 spiro atoms. The highest BCUT2D eigenvalue weighted by molar-refractivity contribution is 5.92. The Morgan fingerprint density at radius 3 is 2.45 bits per heavy atom. The van der Waals surface area contributed by atoms with E-state index >= 15 is 4.39 Å². The Morgan fingerprint density at radius 1 is 1.00 bits per heavy atom. The van der Waals surface area contributed by atoms with Crippen LogP contribution >= 0.6 is 0 Å². The number of halogens is 4. The van der Waals surface area contributed by atoms with Crippen LogP contribution in [-0.2, 0) is 19.6 Å². The van der Waals surface area contributed by atoms with Gasteiger partial charge in [0.05, 0.1) is 35.1 Å². The monoisotopic (exact) mass is 601 g/mol. The average Bonchev–Trinajstić information content (AvgIpc) is 3.72. The number of aromatic carboxylic acids is 1. The first-order valence-electron chi connectivity index (χ1n) is 13.6. The predicted molar refractivity (Wildman–Crippen MR) is 150 cm³/mol. The summed E-state index contributed by atoms with van der Waals surface area (Å²) in [5.74, 6) is -3.06. The molecule has 0 radical (unpaired) electrons. The van der Waals surface area contributed by atoms with Gasteiger partial charge in [-0.15, -0.1) is 0 Å². The van der Waals surface area contributed by atoms with Gasteiger partial charge in [-0.05, 0) is 54.8 Å². The zero-order valence-electron chi connectivity index (χ0n) is 23.0. The number of nitrogens with zero attached hydrogens (tertiary/aromatic N) is 5. The van der Waals surface area contributed by atoms with Crippen molar-refractivity contribution < 1.29 is 32.2 Å². The van der Waals surface area contributed by atoms with Crippen LogP contribution in [0, 0.1) is 34.2 Å². The van der Waals surface area contributed by atoms with Crippen molar-refractivity contribution in [2.24, 2.45) is 5.41 Å². The second-order valence-corrected chi connectivity index (χ2v) is 10.8. The number of carbonyl (C=O) groups is 1. The zero-order chi connectivity index (χ0) is 31.0. The summed E-state index contributed by atoms with van der Waals surface area (Å²) in [5.41, 5.74) is 0.609. The molecule has 0 amide bonds. The van der Waals surface area contributed by atoms with Gasteiger partial charge in [0.1, 0.15) is 29.6 Å². The number of carboxylic acid groups (broad SMARTS) is 1. The third-order valence-corrected chi connectivity index (χ3v) is 7.74. The molecule has 2 aromatic heterocycles. The number of aromatic nitrogens is 4. The highest BCUT2D eigenvalue weighted by atomic mass is 19.1. The maximum absolute atomic E-state index is 15.5. The molecular formula is C32H23F4N5O3. The van der Waals surface area contributed by atoms with Crippen molar-refractivity contribution in [1.82, 2.24) is 19.5 Å². The quantitative estimate of drug-likeness (QED) is 0.184. The van der Waals surface area contributed by atoms with Gasteiger partial charge in [0.15, 0.2) is 5.82 Å². The molecule has 1 saturated carbocycles. The number of rotatable bonds is 10. The summed E-state index contributed by atoms with van der Waals surface area (Å²) >= 11 is 0. The van der Waals surface area contributed by atoms with Crippen LogP contribution in [-0.4, -0.2) is 37.3 Å². The number of hydrogen-bond donors (Lipinski definition) is 1. The Kier molecular flexibility index (Phi) is 7.47. The molecule has 5 aromatic rings. The van der Waals surface area contributed by atoms with Crippen LogP contribution < -0.4 is 4.74 Å². The van der Waals surface area contributed by atoms with Crippen LogP contribution in [0.2, 0.25) is 0 Å². The Hall–Kier alpha value is -5.31. The molecular weight excluding hydrogens is 578 g/mol. The lowest BCUT2D eigenvalue weighted by atomic mass is 10.0. The summed E-state index contributed by atoms with van der Waals surface area (Å²) in [7, 11) is 0. The number of hydrogen-bond acceptors (Lipinski definition) is 6. The van der Waals surface area contributed by atoms with Gasteiger partial charge < -0.3 is 14.4 Å². The van der Waals surface area contributed by atoms with Crippen LogP contribution in [0.5, 0.6) is 6.01 Å². The van der Waals surface area contributed by atoms with E-state index in [-0.39, 0.29) is 64.7 Å². The van der Waals surface area contributed by atoms with E-state index in [1.165, 1.54) is 36.5 Å². The lowest BCUT2D eigenvalue weighted by molar-refractivity contribution is 0.0696. The van der Waals surface area contributed by atoms with Gasteiger partial charge in [-0.25, -0.2) is 27.9 Å². The largest absolute Gasteiger partial charge is 0.478 e. The van der Waals surface area contributed by atoms with Crippen molar-refractivity contribution in [3.8, 4) is 23.3 Å². The van der Waals surface area contributed by atoms with Gasteiger partial charge in [-0.2, -0.15) is 10.2 Å². The number of alkyl halides is 1. The summed E-state index contributed by atoms with van der Waals surface area (Å²) in [6.07, 6.45) is 2.61. The maximum Gasteiger partial charge on any atom is 0.335 e. The topological polar surface area (TPSA) is 114 Å². The van der Waals surface area contributed by atoms with E-state index in [2.05, 4.69) is 15.0 Å². The van der Waals surface area contributed by atoms with E-state index in [1.807, 2.05) is 6.07 Å². The highest BCUT2D eigenvalue weighted by Crippen LogP contribution is 2.48. The molecule has 0 saturated heterocycles. The van der Waals surface area contributed by atoms with Crippen LogP contribution in [0.4, 0.5) is 17.6 Å². The zero-order valence-corrected chi connectivity index (χ0v) is 23.0. The van der Waals surface area contributed by atoms with Crippen molar-refractivity contribution in [3.05, 3.63) is 106 Å². The van der Waals surface area contributed by atoms with Gasteiger partial charge in [-0.3, -0.25) is 4.39 Å². The Bertz CT molecular complexity index is 1970. The van der Waals surface area contributed by atoms with Gasteiger partial charge >= 0.3 is 12.0 Å². The Balaban J connectivity index is 1.26. The molecule has 0 atom stereocenters. The smallest absolute Gasteiger partial charge is 0.335 e. The average molecular weight is 602 g/mol. The van der Waals surface area contributed by atoms with Crippen molar-refractivity contribution in [1.29, 1.82) is 5.26 Å². The second kappa shape index (κ2) is 11.4. The molecule has 1 aliphatic rings. The van der Waals surface area contributed by atoms with E-state index in [0.717, 1.165) is 12.1 Å². The molecule has 12 heteroatoms. The molecule has 44 heavy (non-hydrogen) atoms. The Morgan fingerprint density at radius 2 is 1.77 bits per heavy atom. The lowest BCUT2D eigenvalue weighted by Gasteiger charge is -2.16. The molecule has 0 bridgehead atoms. The normalized spacial score (nSPS) is 13.5. The van der Waals surface area contributed by atoms with E-state index in [9.17, 15) is 23.1 Å². The summed E-state index contributed by atoms with van der Waals surface area (Å²) in [4.78, 5) is 24.3. The van der Waals surface area contributed by atoms with Crippen LogP contribution in [0.15, 0.2) is 60.8 Å². The molecule has 6 rings (SSSR count). The fourth-order valence-corrected chi connectivity index (χ4v) is 4.98. The van der Waals surface area contributed by atoms with Crippen molar-refractivity contribution in [3.63, 3.8) is 0 Å². The van der Waals surface area contributed by atoms with E-state index < -0.39 is 35.5 Å². The molecule has 1 aliphatic carbocycles. The second-order valence-electron chi connectivity index (χ2n) is 10.8.